The predicted molar refractivity (Wildman–Crippen MR) is 101 cm³/mol. The molecule has 2 heterocycles. The second-order valence-electron chi connectivity index (χ2n) is 6.26. The van der Waals surface area contributed by atoms with Crippen LogP contribution in [0.15, 0.2) is 42.6 Å². The molecule has 0 saturated carbocycles. The molecule has 0 fully saturated rings. The van der Waals surface area contributed by atoms with E-state index in [1.54, 1.807) is 28.8 Å². The van der Waals surface area contributed by atoms with Crippen LogP contribution in [0.25, 0.3) is 5.65 Å². The first kappa shape index (κ1) is 18.4. The van der Waals surface area contributed by atoms with Crippen molar-refractivity contribution in [3.63, 3.8) is 0 Å². The third-order valence-electron chi connectivity index (χ3n) is 4.17. The number of ether oxygens (including phenoxy) is 2. The Labute approximate surface area is 156 Å². The van der Waals surface area contributed by atoms with Gasteiger partial charge in [-0.25, -0.2) is 9.78 Å². The number of pyridine rings is 1. The third kappa shape index (κ3) is 3.92. The van der Waals surface area contributed by atoms with Crippen LogP contribution in [0.1, 0.15) is 28.7 Å². The molecule has 27 heavy (non-hydrogen) atoms. The van der Waals surface area contributed by atoms with Crippen molar-refractivity contribution in [1.29, 1.82) is 0 Å². The molecule has 0 spiro atoms. The summed E-state index contributed by atoms with van der Waals surface area (Å²) in [6, 6.07) is 11.0. The fraction of sp³-hybridized carbons (Fsp3) is 0.250. The number of fused-ring (bicyclic) bond motifs is 1. The highest BCUT2D eigenvalue weighted by Crippen LogP contribution is 2.25. The molecule has 1 N–H and O–H groups in total. The molecule has 0 aliphatic carbocycles. The summed E-state index contributed by atoms with van der Waals surface area (Å²) in [5.41, 5.74) is 3.22. The number of nitrogens with one attached hydrogen (secondary N) is 1. The summed E-state index contributed by atoms with van der Waals surface area (Å²) in [6.45, 7) is 5.33. The minimum absolute atomic E-state index is 0.150. The van der Waals surface area contributed by atoms with Crippen LogP contribution in [0.2, 0.25) is 0 Å². The first-order valence-corrected chi connectivity index (χ1v) is 8.50. The number of imidazole rings is 1. The van der Waals surface area contributed by atoms with Crippen LogP contribution in [0, 0.1) is 13.8 Å². The Morgan fingerprint density at radius 2 is 1.96 bits per heavy atom. The van der Waals surface area contributed by atoms with Crippen LogP contribution in [-0.4, -0.2) is 34.5 Å². The lowest BCUT2D eigenvalue weighted by Gasteiger charge is -2.15. The quantitative estimate of drug-likeness (QED) is 0.701. The van der Waals surface area contributed by atoms with Crippen LogP contribution in [0.3, 0.4) is 0 Å². The zero-order chi connectivity index (χ0) is 19.6. The zero-order valence-corrected chi connectivity index (χ0v) is 15.6. The van der Waals surface area contributed by atoms with Gasteiger partial charge in [0.2, 0.25) is 0 Å². The molecule has 140 valence electrons. The van der Waals surface area contributed by atoms with Gasteiger partial charge < -0.3 is 19.2 Å². The zero-order valence-electron chi connectivity index (χ0n) is 15.6. The van der Waals surface area contributed by atoms with Gasteiger partial charge in [-0.05, 0) is 50.6 Å². The van der Waals surface area contributed by atoms with Crippen molar-refractivity contribution in [2.24, 2.45) is 0 Å². The van der Waals surface area contributed by atoms with Crippen LogP contribution in [0.4, 0.5) is 5.69 Å². The van der Waals surface area contributed by atoms with E-state index < -0.39 is 18.0 Å². The van der Waals surface area contributed by atoms with Crippen molar-refractivity contribution < 1.29 is 19.1 Å². The molecular weight excluding hydrogens is 346 g/mol. The summed E-state index contributed by atoms with van der Waals surface area (Å²) in [6.07, 6.45) is 0.606. The van der Waals surface area contributed by atoms with Crippen molar-refractivity contribution in [3.8, 4) is 5.75 Å². The smallest absolute Gasteiger partial charge is 0.359 e. The van der Waals surface area contributed by atoms with Crippen molar-refractivity contribution >= 4 is 23.2 Å². The normalized spacial score (nSPS) is 11.9. The Morgan fingerprint density at radius 3 is 2.67 bits per heavy atom. The molecule has 1 atom stereocenters. The van der Waals surface area contributed by atoms with Crippen molar-refractivity contribution in [3.05, 3.63) is 59.5 Å². The lowest BCUT2D eigenvalue weighted by Crippen LogP contribution is -2.30. The Kier molecular flexibility index (Phi) is 5.12. The molecule has 0 bridgehead atoms. The van der Waals surface area contributed by atoms with Crippen LogP contribution < -0.4 is 10.1 Å². The van der Waals surface area contributed by atoms with E-state index >= 15 is 0 Å². The highest BCUT2D eigenvalue weighted by molar-refractivity contribution is 5.98. The number of hydrogen-bond donors (Lipinski definition) is 1. The number of nitrogens with zero attached hydrogens (tertiary/aromatic N) is 2. The second-order valence-corrected chi connectivity index (χ2v) is 6.26. The van der Waals surface area contributed by atoms with Gasteiger partial charge in [0.05, 0.1) is 12.8 Å². The predicted octanol–water partition coefficient (Wildman–Crippen LogP) is 3.14. The maximum Gasteiger partial charge on any atom is 0.359 e. The number of aryl methyl sites for hydroxylation is 2. The molecule has 0 radical (unpaired) electrons. The van der Waals surface area contributed by atoms with E-state index in [1.807, 2.05) is 32.0 Å². The van der Waals surface area contributed by atoms with Gasteiger partial charge in [0.25, 0.3) is 5.91 Å². The van der Waals surface area contributed by atoms with E-state index in [9.17, 15) is 9.59 Å². The summed E-state index contributed by atoms with van der Waals surface area (Å²) in [7, 11) is 1.52. The summed E-state index contributed by atoms with van der Waals surface area (Å²) >= 11 is 0. The SMILES string of the molecule is COc1ccc(C)cc1NC(=O)[C@@H](C)OC(=O)c1cn2c(C)cccc2n1. The molecule has 0 unspecified atom stereocenters. The molecule has 3 rings (SSSR count). The lowest BCUT2D eigenvalue weighted by atomic mass is 10.2. The van der Waals surface area contributed by atoms with E-state index in [0.29, 0.717) is 17.1 Å². The summed E-state index contributed by atoms with van der Waals surface area (Å²) in [5, 5.41) is 2.73. The number of methoxy groups -OCH3 is 1. The first-order valence-electron chi connectivity index (χ1n) is 8.50. The number of rotatable bonds is 5. The van der Waals surface area contributed by atoms with Gasteiger partial charge in [-0.2, -0.15) is 0 Å². The Morgan fingerprint density at radius 1 is 1.19 bits per heavy atom. The average Bonchev–Trinajstić information content (AvgIpc) is 3.08. The lowest BCUT2D eigenvalue weighted by molar-refractivity contribution is -0.123. The summed E-state index contributed by atoms with van der Waals surface area (Å²) in [5.74, 6) is -0.576. The van der Waals surface area contributed by atoms with Gasteiger partial charge in [-0.3, -0.25) is 4.79 Å². The molecule has 0 aliphatic heterocycles. The van der Waals surface area contributed by atoms with Crippen molar-refractivity contribution in [2.45, 2.75) is 26.9 Å². The number of carbonyl (C=O) groups excluding carboxylic acids is 2. The largest absolute Gasteiger partial charge is 0.495 e. The Balaban J connectivity index is 1.71. The van der Waals surface area contributed by atoms with Crippen molar-refractivity contribution in [1.82, 2.24) is 9.38 Å². The molecule has 1 amide bonds. The summed E-state index contributed by atoms with van der Waals surface area (Å²) < 4.78 is 12.3. The van der Waals surface area contributed by atoms with Crippen LogP contribution in [0.5, 0.6) is 5.75 Å². The number of benzene rings is 1. The maximum atomic E-state index is 12.4. The van der Waals surface area contributed by atoms with E-state index in [4.69, 9.17) is 9.47 Å². The number of hydrogen-bond acceptors (Lipinski definition) is 5. The monoisotopic (exact) mass is 367 g/mol. The molecule has 0 saturated heterocycles. The molecule has 1 aromatic carbocycles. The number of esters is 1. The van der Waals surface area contributed by atoms with Gasteiger partial charge in [-0.1, -0.05) is 12.1 Å². The second kappa shape index (κ2) is 7.49. The molecule has 7 heteroatoms. The van der Waals surface area contributed by atoms with E-state index in [2.05, 4.69) is 10.3 Å². The Hall–Kier alpha value is -3.35. The van der Waals surface area contributed by atoms with Crippen LogP contribution >= 0.6 is 0 Å². The van der Waals surface area contributed by atoms with Gasteiger partial charge in [0.15, 0.2) is 11.8 Å². The topological polar surface area (TPSA) is 81.9 Å². The van der Waals surface area contributed by atoms with Gasteiger partial charge in [0, 0.05) is 11.9 Å². The standard InChI is InChI=1S/C20H21N3O4/c1-12-8-9-17(26-4)15(10-12)22-19(24)14(3)27-20(25)16-11-23-13(2)6-5-7-18(23)21-16/h5-11,14H,1-4H3,(H,22,24)/t14-/m1/s1. The van der Waals surface area contributed by atoms with Gasteiger partial charge in [0.1, 0.15) is 11.4 Å². The Bertz CT molecular complexity index is 1010. The summed E-state index contributed by atoms with van der Waals surface area (Å²) in [4.78, 5) is 29.0. The average molecular weight is 367 g/mol. The first-order chi connectivity index (χ1) is 12.9. The fourth-order valence-corrected chi connectivity index (χ4v) is 2.68. The maximum absolute atomic E-state index is 12.4. The fourth-order valence-electron chi connectivity index (χ4n) is 2.68. The number of anilines is 1. The molecule has 0 aliphatic rings. The van der Waals surface area contributed by atoms with E-state index in [0.717, 1.165) is 11.3 Å². The third-order valence-corrected chi connectivity index (χ3v) is 4.17. The number of aromatic nitrogens is 2. The highest BCUT2D eigenvalue weighted by Gasteiger charge is 2.22. The molecular formula is C20H21N3O4. The number of amides is 1. The minimum Gasteiger partial charge on any atom is -0.495 e. The van der Waals surface area contributed by atoms with Gasteiger partial charge >= 0.3 is 5.97 Å². The highest BCUT2D eigenvalue weighted by atomic mass is 16.5. The van der Waals surface area contributed by atoms with Gasteiger partial charge in [-0.15, -0.1) is 0 Å². The van der Waals surface area contributed by atoms with E-state index in [1.165, 1.54) is 14.0 Å². The molecule has 7 nitrogen and oxygen atoms in total. The van der Waals surface area contributed by atoms with E-state index in [-0.39, 0.29) is 5.69 Å². The molecule has 2 aromatic heterocycles. The number of carbonyl (C=O) groups is 2. The van der Waals surface area contributed by atoms with Crippen molar-refractivity contribution in [2.75, 3.05) is 12.4 Å². The van der Waals surface area contributed by atoms with Crippen LogP contribution in [-0.2, 0) is 9.53 Å². The molecule has 3 aromatic rings. The minimum atomic E-state index is -0.992.